The van der Waals surface area contributed by atoms with Gasteiger partial charge in [-0.3, -0.25) is 0 Å². The Kier molecular flexibility index (Phi) is 3.76. The van der Waals surface area contributed by atoms with Gasteiger partial charge in [0.2, 0.25) is 0 Å². The van der Waals surface area contributed by atoms with Gasteiger partial charge >= 0.3 is 11.4 Å². The molecule has 2 fully saturated rings. The van der Waals surface area contributed by atoms with Gasteiger partial charge in [-0.1, -0.05) is 86.1 Å². The highest BCUT2D eigenvalue weighted by molar-refractivity contribution is 5.44. The van der Waals surface area contributed by atoms with Crippen LogP contribution in [0, 0.1) is 38.9 Å². The normalized spacial score (nSPS) is 42.2. The van der Waals surface area contributed by atoms with Crippen LogP contribution in [0.2, 0.25) is 0 Å². The minimum atomic E-state index is -0.144. The third-order valence-corrected chi connectivity index (χ3v) is 11.4. The molecule has 7 rings (SSSR count). The summed E-state index contributed by atoms with van der Waals surface area (Å²) < 4.78 is 5.39. The van der Waals surface area contributed by atoms with Crippen molar-refractivity contribution in [3.05, 3.63) is 44.8 Å². The largest absolute Gasteiger partial charge is 0.348 e. The smallest absolute Gasteiger partial charge is 0.246 e. The van der Waals surface area contributed by atoms with Crippen LogP contribution in [0.15, 0.2) is 33.4 Å². The van der Waals surface area contributed by atoms with Gasteiger partial charge in [0, 0.05) is 17.4 Å². The standard InChI is InChI=1S/C28H41N3O2/c1-24(2,3)17-15-28(25(4,5)6)19-11-10-18(21(17)28)30-22(32)29(23(33)31(19)30)20-14-16-12-13-27(20,9)26(16,7)8/h10-11,15-16,18-21H,12-14H2,1-9H3/t16-,18+,19+,20+,21+,27+,28-/m0/s1. The molecule has 0 amide bonds. The van der Waals surface area contributed by atoms with E-state index in [4.69, 9.17) is 0 Å². The van der Waals surface area contributed by atoms with Crippen molar-refractivity contribution in [2.75, 3.05) is 0 Å². The quantitative estimate of drug-likeness (QED) is 0.530. The minimum Gasteiger partial charge on any atom is -0.246 e. The molecule has 0 spiro atoms. The van der Waals surface area contributed by atoms with E-state index in [0.29, 0.717) is 5.92 Å². The fraction of sp³-hybridized carbons (Fsp3) is 0.786. The van der Waals surface area contributed by atoms with Crippen LogP contribution in [0.5, 0.6) is 0 Å². The van der Waals surface area contributed by atoms with Crippen LogP contribution in [0.25, 0.3) is 0 Å². The van der Waals surface area contributed by atoms with Gasteiger partial charge in [0.25, 0.3) is 0 Å². The second-order valence-electron chi connectivity index (χ2n) is 14.6. The Labute approximate surface area is 197 Å². The molecule has 1 aromatic heterocycles. The van der Waals surface area contributed by atoms with E-state index in [1.165, 1.54) is 12.0 Å². The predicted octanol–water partition coefficient (Wildman–Crippen LogP) is 5.50. The molecule has 0 N–H and O–H groups in total. The maximum atomic E-state index is 14.1. The molecular weight excluding hydrogens is 410 g/mol. The molecule has 5 heteroatoms. The molecule has 4 aliphatic carbocycles. The molecule has 0 saturated heterocycles. The van der Waals surface area contributed by atoms with E-state index in [9.17, 15) is 9.59 Å². The van der Waals surface area contributed by atoms with Gasteiger partial charge in [0.15, 0.2) is 0 Å². The molecule has 180 valence electrons. The number of fused-ring (bicyclic) bond motifs is 2. The Bertz CT molecular complexity index is 1240. The molecule has 2 saturated carbocycles. The maximum absolute atomic E-state index is 14.1. The second kappa shape index (κ2) is 5.71. The first-order valence-electron chi connectivity index (χ1n) is 13.0. The average molecular weight is 452 g/mol. The highest BCUT2D eigenvalue weighted by Gasteiger charge is 2.68. The van der Waals surface area contributed by atoms with E-state index in [2.05, 4.69) is 80.5 Å². The Morgan fingerprint density at radius 3 is 2.09 bits per heavy atom. The topological polar surface area (TPSA) is 48.9 Å². The molecule has 1 aromatic rings. The molecular formula is C28H41N3O2. The molecule has 7 atom stereocenters. The Morgan fingerprint density at radius 1 is 0.939 bits per heavy atom. The molecule has 0 radical (unpaired) electrons. The lowest BCUT2D eigenvalue weighted by atomic mass is 9.41. The number of hydrogen-bond donors (Lipinski definition) is 0. The van der Waals surface area contributed by atoms with Crippen molar-refractivity contribution in [1.29, 1.82) is 0 Å². The van der Waals surface area contributed by atoms with Crippen LogP contribution >= 0.6 is 0 Å². The van der Waals surface area contributed by atoms with Crippen molar-refractivity contribution >= 4 is 0 Å². The van der Waals surface area contributed by atoms with Crippen LogP contribution < -0.4 is 11.4 Å². The lowest BCUT2D eigenvalue weighted by molar-refractivity contribution is -0.0653. The van der Waals surface area contributed by atoms with Crippen LogP contribution in [0.4, 0.5) is 0 Å². The highest BCUT2D eigenvalue weighted by atomic mass is 16.2. The summed E-state index contributed by atoms with van der Waals surface area (Å²) in [7, 11) is 0. The van der Waals surface area contributed by atoms with E-state index in [0.717, 1.165) is 12.8 Å². The van der Waals surface area contributed by atoms with Crippen molar-refractivity contribution in [2.45, 2.75) is 99.7 Å². The van der Waals surface area contributed by atoms with Crippen molar-refractivity contribution in [3.63, 3.8) is 0 Å². The molecule has 0 aromatic carbocycles. The molecule has 33 heavy (non-hydrogen) atoms. The Morgan fingerprint density at radius 2 is 1.58 bits per heavy atom. The summed E-state index contributed by atoms with van der Waals surface area (Å²) in [6.07, 6.45) is 10.2. The number of allylic oxidation sites excluding steroid dienone is 4. The summed E-state index contributed by atoms with van der Waals surface area (Å²) in [6.45, 7) is 20.7. The fourth-order valence-electron chi connectivity index (χ4n) is 8.97. The number of rotatable bonds is 1. The molecule has 5 nitrogen and oxygen atoms in total. The molecule has 4 bridgehead atoms. The first-order chi connectivity index (χ1) is 15.1. The monoisotopic (exact) mass is 451 g/mol. The Hall–Kier alpha value is -1.78. The third-order valence-electron chi connectivity index (χ3n) is 11.4. The van der Waals surface area contributed by atoms with Crippen molar-refractivity contribution in [2.24, 2.45) is 38.9 Å². The van der Waals surface area contributed by atoms with E-state index < -0.39 is 0 Å². The number of aromatic nitrogens is 3. The predicted molar refractivity (Wildman–Crippen MR) is 131 cm³/mol. The highest BCUT2D eigenvalue weighted by Crippen LogP contribution is 2.72. The van der Waals surface area contributed by atoms with Gasteiger partial charge in [0.05, 0.1) is 12.1 Å². The zero-order valence-electron chi connectivity index (χ0n) is 21.9. The third kappa shape index (κ3) is 2.13. The van der Waals surface area contributed by atoms with Crippen molar-refractivity contribution < 1.29 is 0 Å². The Balaban J connectivity index is 1.57. The second-order valence-corrected chi connectivity index (χ2v) is 14.6. The van der Waals surface area contributed by atoms with Gasteiger partial charge in [-0.15, -0.1) is 0 Å². The minimum absolute atomic E-state index is 0.00506. The van der Waals surface area contributed by atoms with E-state index >= 15 is 0 Å². The summed E-state index contributed by atoms with van der Waals surface area (Å²) in [6, 6.07) is -0.205. The van der Waals surface area contributed by atoms with E-state index in [1.807, 2.05) is 9.36 Å². The van der Waals surface area contributed by atoms with Gasteiger partial charge in [0.1, 0.15) is 0 Å². The molecule has 6 aliphatic rings. The van der Waals surface area contributed by atoms with Crippen molar-refractivity contribution in [3.8, 4) is 0 Å². The van der Waals surface area contributed by atoms with Gasteiger partial charge in [-0.25, -0.2) is 23.5 Å². The zero-order chi connectivity index (χ0) is 24.1. The summed E-state index contributed by atoms with van der Waals surface area (Å²) in [5.74, 6) is 0.842. The number of hydrogen-bond acceptors (Lipinski definition) is 2. The molecule has 0 unspecified atom stereocenters. The van der Waals surface area contributed by atoms with Crippen LogP contribution in [0.1, 0.15) is 99.7 Å². The summed E-state index contributed by atoms with van der Waals surface area (Å²) in [4.78, 5) is 28.2. The lowest BCUT2D eigenvalue weighted by Gasteiger charge is -2.66. The maximum Gasteiger partial charge on any atom is 0.348 e. The van der Waals surface area contributed by atoms with Crippen LogP contribution in [-0.4, -0.2) is 13.9 Å². The van der Waals surface area contributed by atoms with Crippen LogP contribution in [0.3, 0.4) is 0 Å². The van der Waals surface area contributed by atoms with Crippen LogP contribution in [-0.2, 0) is 0 Å². The van der Waals surface area contributed by atoms with Gasteiger partial charge in [-0.05, 0) is 46.8 Å². The fourth-order valence-corrected chi connectivity index (χ4v) is 8.97. The summed E-state index contributed by atoms with van der Waals surface area (Å²) >= 11 is 0. The van der Waals surface area contributed by atoms with E-state index in [-0.39, 0.29) is 62.5 Å². The molecule has 3 heterocycles. The van der Waals surface area contributed by atoms with Crippen molar-refractivity contribution in [1.82, 2.24) is 13.9 Å². The summed E-state index contributed by atoms with van der Waals surface area (Å²) in [5.41, 5.74) is 1.28. The SMILES string of the molecule is CC(C)(C)C1=C[C@@]2(C(C)(C)C)[C@H]1[C@H]1C=C[C@H]2n2c(=O)n([C@@H]3C[C@@H]4CC[C@@]3(C)C4(C)C)c(=O)n21. The van der Waals surface area contributed by atoms with Gasteiger partial charge < -0.3 is 0 Å². The lowest BCUT2D eigenvalue weighted by Crippen LogP contribution is -2.64. The van der Waals surface area contributed by atoms with Gasteiger partial charge in [-0.2, -0.15) is 0 Å². The van der Waals surface area contributed by atoms with E-state index in [1.54, 1.807) is 4.57 Å². The first kappa shape index (κ1) is 21.7. The first-order valence-corrected chi connectivity index (χ1v) is 13.0. The number of nitrogens with zero attached hydrogens (tertiary/aromatic N) is 3. The average Bonchev–Trinajstić information content (AvgIpc) is 3.11. The zero-order valence-corrected chi connectivity index (χ0v) is 21.9. The molecule has 2 aliphatic heterocycles. The summed E-state index contributed by atoms with van der Waals surface area (Å²) in [5, 5.41) is 0.